The number of hydrogen-bond donors (Lipinski definition) is 3. The maximum Gasteiger partial charge on any atom is 0.260 e. The van der Waals surface area contributed by atoms with Crippen LogP contribution in [-0.2, 0) is 0 Å². The number of rotatable bonds is 7. The van der Waals surface area contributed by atoms with Crippen LogP contribution >= 0.6 is 0 Å². The Hall–Kier alpha value is -3.80. The normalized spacial score (nSPS) is 11.8. The van der Waals surface area contributed by atoms with Crippen molar-refractivity contribution < 1.29 is 0 Å². The van der Waals surface area contributed by atoms with Gasteiger partial charge in [0.15, 0.2) is 5.84 Å². The minimum Gasteiger partial charge on any atom is -0.382 e. The lowest BCUT2D eigenvalue weighted by atomic mass is 9.97. The second-order valence-corrected chi connectivity index (χ2v) is 7.57. The predicted molar refractivity (Wildman–Crippen MR) is 131 cm³/mol. The number of benzene rings is 2. The van der Waals surface area contributed by atoms with Gasteiger partial charge in [-0.1, -0.05) is 61.9 Å². The number of aromatic amines is 1. The Morgan fingerprint density at radius 1 is 1.06 bits per heavy atom. The topological polar surface area (TPSA) is 100 Å². The first-order valence-corrected chi connectivity index (χ1v) is 10.3. The van der Waals surface area contributed by atoms with Crippen LogP contribution in [0.3, 0.4) is 0 Å². The molecule has 0 spiro atoms. The number of nitrogens with two attached hydrogens (primary N) is 2. The highest BCUT2D eigenvalue weighted by atomic mass is 16.1. The molecule has 0 atom stereocenters. The van der Waals surface area contributed by atoms with Gasteiger partial charge in [-0.3, -0.25) is 4.79 Å². The lowest BCUT2D eigenvalue weighted by Crippen LogP contribution is -2.27. The molecule has 2 aromatic carbocycles. The van der Waals surface area contributed by atoms with Gasteiger partial charge in [0.1, 0.15) is 0 Å². The maximum atomic E-state index is 12.9. The molecule has 3 aromatic rings. The fraction of sp³-hybridized carbons (Fsp3) is 0.200. The molecule has 0 aliphatic rings. The molecule has 1 aromatic heterocycles. The SMILES string of the molecule is CCC/C=C/c1ccc(-c2cc(-c3ccc(N(C)C)cc3)c(/C(N)=N/N)c(=O)[nH]2)cc1. The molecule has 0 radical (unpaired) electrons. The first kappa shape index (κ1) is 21.9. The highest BCUT2D eigenvalue weighted by Crippen LogP contribution is 2.28. The summed E-state index contributed by atoms with van der Waals surface area (Å²) in [4.78, 5) is 17.9. The third kappa shape index (κ3) is 5.04. The van der Waals surface area contributed by atoms with Crippen LogP contribution in [0.2, 0.25) is 0 Å². The van der Waals surface area contributed by atoms with E-state index < -0.39 is 0 Å². The van der Waals surface area contributed by atoms with E-state index in [9.17, 15) is 4.79 Å². The monoisotopic (exact) mass is 415 g/mol. The lowest BCUT2D eigenvalue weighted by molar-refractivity contribution is 0.962. The third-order valence-electron chi connectivity index (χ3n) is 5.11. The molecule has 0 unspecified atom stereocenters. The summed E-state index contributed by atoms with van der Waals surface area (Å²) in [7, 11) is 3.96. The minimum atomic E-state index is -0.331. The van der Waals surface area contributed by atoms with Gasteiger partial charge in [0, 0.05) is 31.0 Å². The average Bonchev–Trinajstić information content (AvgIpc) is 2.78. The van der Waals surface area contributed by atoms with Gasteiger partial charge in [0.2, 0.25) is 0 Å². The van der Waals surface area contributed by atoms with Crippen molar-refractivity contribution in [1.82, 2.24) is 4.98 Å². The number of aromatic nitrogens is 1. The molecule has 0 amide bonds. The van der Waals surface area contributed by atoms with Crippen LogP contribution < -0.4 is 22.0 Å². The van der Waals surface area contributed by atoms with Gasteiger partial charge in [0.25, 0.3) is 5.56 Å². The molecule has 0 aliphatic heterocycles. The molecule has 0 saturated carbocycles. The van der Waals surface area contributed by atoms with E-state index in [-0.39, 0.29) is 17.0 Å². The van der Waals surface area contributed by atoms with Crippen LogP contribution in [0.25, 0.3) is 28.5 Å². The van der Waals surface area contributed by atoms with Gasteiger partial charge in [-0.05, 0) is 41.3 Å². The van der Waals surface area contributed by atoms with Gasteiger partial charge in [0.05, 0.1) is 5.56 Å². The van der Waals surface area contributed by atoms with Crippen LogP contribution in [0.1, 0.15) is 30.9 Å². The number of allylic oxidation sites excluding steroid dienone is 1. The van der Waals surface area contributed by atoms with E-state index in [1.165, 1.54) is 0 Å². The molecule has 160 valence electrons. The van der Waals surface area contributed by atoms with Crippen molar-refractivity contribution in [3.05, 3.63) is 82.2 Å². The van der Waals surface area contributed by atoms with Crippen LogP contribution in [0.5, 0.6) is 0 Å². The summed E-state index contributed by atoms with van der Waals surface area (Å²) < 4.78 is 0. The summed E-state index contributed by atoms with van der Waals surface area (Å²) in [5, 5.41) is 3.56. The number of H-pyrrole nitrogens is 1. The number of hydrazone groups is 1. The number of unbranched alkanes of at least 4 members (excludes halogenated alkanes) is 1. The minimum absolute atomic E-state index is 0.00380. The summed E-state index contributed by atoms with van der Waals surface area (Å²) in [6.07, 6.45) is 6.44. The Labute approximate surface area is 182 Å². The maximum absolute atomic E-state index is 12.9. The molecule has 5 N–H and O–H groups in total. The standard InChI is InChI=1S/C25H29N5O/c1-4-5-6-7-17-8-10-19(11-9-17)22-16-21(23(24(26)29-27)25(31)28-22)18-12-14-20(15-13-18)30(2)3/h6-16H,4-5,27H2,1-3H3,(H2,26,29)(H,28,31)/b7-6+. The number of hydrogen-bond acceptors (Lipinski definition) is 4. The zero-order valence-corrected chi connectivity index (χ0v) is 18.2. The van der Waals surface area contributed by atoms with Crippen molar-refractivity contribution in [3.8, 4) is 22.4 Å². The molecule has 0 bridgehead atoms. The van der Waals surface area contributed by atoms with Crippen molar-refractivity contribution in [1.29, 1.82) is 0 Å². The van der Waals surface area contributed by atoms with E-state index in [2.05, 4.69) is 29.2 Å². The Kier molecular flexibility index (Phi) is 6.92. The van der Waals surface area contributed by atoms with Crippen molar-refractivity contribution in [2.45, 2.75) is 19.8 Å². The molecule has 31 heavy (non-hydrogen) atoms. The van der Waals surface area contributed by atoms with E-state index in [0.29, 0.717) is 11.3 Å². The van der Waals surface area contributed by atoms with Crippen LogP contribution in [-0.4, -0.2) is 24.9 Å². The number of anilines is 1. The van der Waals surface area contributed by atoms with E-state index in [1.807, 2.05) is 73.6 Å². The fourth-order valence-electron chi connectivity index (χ4n) is 3.36. The molecule has 1 heterocycles. The van der Waals surface area contributed by atoms with Crippen molar-refractivity contribution in [2.75, 3.05) is 19.0 Å². The molecule has 6 heteroatoms. The summed E-state index contributed by atoms with van der Waals surface area (Å²) in [6.45, 7) is 2.15. The van der Waals surface area contributed by atoms with E-state index in [1.54, 1.807) is 0 Å². The average molecular weight is 416 g/mol. The first-order valence-electron chi connectivity index (χ1n) is 10.3. The zero-order chi connectivity index (χ0) is 22.4. The number of nitrogens with zero attached hydrogens (tertiary/aromatic N) is 2. The lowest BCUT2D eigenvalue weighted by Gasteiger charge is -2.15. The van der Waals surface area contributed by atoms with Crippen LogP contribution in [0.15, 0.2) is 70.6 Å². The van der Waals surface area contributed by atoms with Crippen molar-refractivity contribution in [2.24, 2.45) is 16.7 Å². The van der Waals surface area contributed by atoms with Crippen molar-refractivity contribution >= 4 is 17.6 Å². The second kappa shape index (κ2) is 9.80. The zero-order valence-electron chi connectivity index (χ0n) is 18.2. The molecule has 0 saturated heterocycles. The fourth-order valence-corrected chi connectivity index (χ4v) is 3.36. The number of amidine groups is 1. The van der Waals surface area contributed by atoms with Gasteiger partial charge in [-0.2, -0.15) is 5.10 Å². The highest BCUT2D eigenvalue weighted by molar-refractivity contribution is 6.03. The van der Waals surface area contributed by atoms with Crippen LogP contribution in [0.4, 0.5) is 5.69 Å². The molecule has 3 rings (SSSR count). The van der Waals surface area contributed by atoms with E-state index in [0.717, 1.165) is 35.2 Å². The Morgan fingerprint density at radius 3 is 2.29 bits per heavy atom. The molecular weight excluding hydrogens is 386 g/mol. The summed E-state index contributed by atoms with van der Waals surface area (Å²) in [5.74, 6) is 5.39. The smallest absolute Gasteiger partial charge is 0.260 e. The number of pyridine rings is 1. The van der Waals surface area contributed by atoms with E-state index in [4.69, 9.17) is 11.6 Å². The molecular formula is C25H29N5O. The Balaban J connectivity index is 2.08. The Morgan fingerprint density at radius 2 is 1.71 bits per heavy atom. The molecule has 0 fully saturated rings. The van der Waals surface area contributed by atoms with Gasteiger partial charge in [-0.25, -0.2) is 0 Å². The number of nitrogens with one attached hydrogen (secondary N) is 1. The molecule has 0 aliphatic carbocycles. The van der Waals surface area contributed by atoms with Crippen LogP contribution in [0, 0.1) is 0 Å². The van der Waals surface area contributed by atoms with Crippen molar-refractivity contribution in [3.63, 3.8) is 0 Å². The molecule has 6 nitrogen and oxygen atoms in total. The second-order valence-electron chi connectivity index (χ2n) is 7.57. The van der Waals surface area contributed by atoms with E-state index >= 15 is 0 Å². The Bertz CT molecular complexity index is 1140. The largest absolute Gasteiger partial charge is 0.382 e. The third-order valence-corrected chi connectivity index (χ3v) is 5.11. The van der Waals surface area contributed by atoms with Gasteiger partial charge < -0.3 is 21.5 Å². The predicted octanol–water partition coefficient (Wildman–Crippen LogP) is 4.17. The summed E-state index contributed by atoms with van der Waals surface area (Å²) in [6, 6.07) is 17.9. The van der Waals surface area contributed by atoms with Gasteiger partial charge >= 0.3 is 0 Å². The quantitative estimate of drug-likeness (QED) is 0.233. The summed E-state index contributed by atoms with van der Waals surface area (Å²) >= 11 is 0. The summed E-state index contributed by atoms with van der Waals surface area (Å²) in [5.41, 5.74) is 11.2. The first-order chi connectivity index (χ1) is 14.9. The van der Waals surface area contributed by atoms with Gasteiger partial charge in [-0.15, -0.1) is 0 Å². The highest BCUT2D eigenvalue weighted by Gasteiger charge is 2.16.